The van der Waals surface area contributed by atoms with Crippen LogP contribution in [0.3, 0.4) is 0 Å². The molecule has 2 atom stereocenters. The molecule has 44 heavy (non-hydrogen) atoms. The monoisotopic (exact) mass is 588 g/mol. The van der Waals surface area contributed by atoms with Gasteiger partial charge in [0.2, 0.25) is 6.29 Å². The number of hydrogen-bond acceptors (Lipinski definition) is 7. The van der Waals surface area contributed by atoms with Crippen LogP contribution in [-0.4, -0.2) is 58.2 Å². The van der Waals surface area contributed by atoms with Gasteiger partial charge in [0.25, 0.3) is 5.91 Å². The Kier molecular flexibility index (Phi) is 9.52. The number of ether oxygens (including phenoxy) is 2. The van der Waals surface area contributed by atoms with Gasteiger partial charge in [0, 0.05) is 50.3 Å². The number of aliphatic hydroxyl groups excluding tert-OH is 1. The summed E-state index contributed by atoms with van der Waals surface area (Å²) in [5.41, 5.74) is 2.89. The van der Waals surface area contributed by atoms with Crippen LogP contribution in [0.2, 0.25) is 0 Å². The largest absolute Gasteiger partial charge is 0.460 e. The summed E-state index contributed by atoms with van der Waals surface area (Å²) in [7, 11) is 0. The minimum atomic E-state index is -1.25. The summed E-state index contributed by atoms with van der Waals surface area (Å²) in [6.45, 7) is 2.98. The molecule has 224 valence electrons. The van der Waals surface area contributed by atoms with Crippen molar-refractivity contribution in [2.24, 2.45) is 0 Å². The van der Waals surface area contributed by atoms with Crippen LogP contribution in [0.1, 0.15) is 52.4 Å². The Hall–Kier alpha value is -4.63. The minimum Gasteiger partial charge on any atom is -0.460 e. The first-order chi connectivity index (χ1) is 21.6. The first-order valence-electron chi connectivity index (χ1n) is 15.0. The molecule has 3 aromatic carbocycles. The van der Waals surface area contributed by atoms with E-state index in [9.17, 15) is 9.90 Å². The molecule has 0 aliphatic carbocycles. The van der Waals surface area contributed by atoms with Crippen LogP contribution in [0.5, 0.6) is 5.75 Å². The molecular formula is C36H36N4O4. The van der Waals surface area contributed by atoms with Gasteiger partial charge in [-0.25, -0.2) is 0 Å². The second-order valence-electron chi connectivity index (χ2n) is 10.9. The fourth-order valence-corrected chi connectivity index (χ4v) is 5.57. The summed E-state index contributed by atoms with van der Waals surface area (Å²) in [5, 5.41) is 15.6. The molecular weight excluding hydrogens is 552 g/mol. The average molecular weight is 589 g/mol. The van der Waals surface area contributed by atoms with Crippen LogP contribution >= 0.6 is 0 Å². The molecule has 0 spiro atoms. The molecule has 8 nitrogen and oxygen atoms in total. The van der Waals surface area contributed by atoms with Gasteiger partial charge in [0.1, 0.15) is 11.9 Å². The van der Waals surface area contributed by atoms with E-state index in [0.717, 1.165) is 54.5 Å². The van der Waals surface area contributed by atoms with Gasteiger partial charge in [-0.1, -0.05) is 60.7 Å². The van der Waals surface area contributed by atoms with Crippen LogP contribution in [0, 0.1) is 0 Å². The molecule has 1 amide bonds. The lowest BCUT2D eigenvalue weighted by Crippen LogP contribution is -2.41. The van der Waals surface area contributed by atoms with E-state index in [1.807, 2.05) is 66.7 Å². The van der Waals surface area contributed by atoms with Gasteiger partial charge < -0.3 is 24.8 Å². The van der Waals surface area contributed by atoms with Gasteiger partial charge in [-0.3, -0.25) is 14.8 Å². The first-order valence-corrected chi connectivity index (χ1v) is 15.0. The summed E-state index contributed by atoms with van der Waals surface area (Å²) in [6.07, 6.45) is 5.45. The topological polar surface area (TPSA) is 96.8 Å². The average Bonchev–Trinajstić information content (AvgIpc) is 3.08. The number of aliphatic hydroxyl groups is 1. The highest BCUT2D eigenvalue weighted by Gasteiger charge is 2.25. The molecule has 2 N–H and O–H groups in total. The Bertz CT molecular complexity index is 1610. The molecule has 5 aromatic rings. The molecule has 1 aliphatic heterocycles. The van der Waals surface area contributed by atoms with E-state index in [2.05, 4.69) is 32.3 Å². The minimum absolute atomic E-state index is 0.122. The summed E-state index contributed by atoms with van der Waals surface area (Å²) in [6, 6.07) is 31.0. The van der Waals surface area contributed by atoms with Crippen molar-refractivity contribution in [1.29, 1.82) is 0 Å². The number of benzene rings is 3. The molecule has 2 unspecified atom stereocenters. The predicted octanol–water partition coefficient (Wildman–Crippen LogP) is 5.70. The molecule has 0 saturated carbocycles. The van der Waals surface area contributed by atoms with Crippen LogP contribution in [0.25, 0.3) is 10.8 Å². The van der Waals surface area contributed by atoms with Crippen LogP contribution < -0.4 is 10.1 Å². The van der Waals surface area contributed by atoms with Crippen LogP contribution in [0.15, 0.2) is 116 Å². The van der Waals surface area contributed by atoms with Gasteiger partial charge in [-0.2, -0.15) is 0 Å². The molecule has 2 aromatic heterocycles. The Morgan fingerprint density at radius 2 is 1.61 bits per heavy atom. The zero-order chi connectivity index (χ0) is 30.1. The van der Waals surface area contributed by atoms with Crippen molar-refractivity contribution in [3.8, 4) is 5.75 Å². The second-order valence-corrected chi connectivity index (χ2v) is 10.9. The maximum Gasteiger partial charge on any atom is 0.255 e. The Morgan fingerprint density at radius 3 is 2.34 bits per heavy atom. The van der Waals surface area contributed by atoms with E-state index in [1.54, 1.807) is 36.8 Å². The zero-order valence-electron chi connectivity index (χ0n) is 24.5. The number of rotatable bonds is 11. The van der Waals surface area contributed by atoms with Gasteiger partial charge >= 0.3 is 0 Å². The van der Waals surface area contributed by atoms with Crippen molar-refractivity contribution in [3.63, 3.8) is 0 Å². The van der Waals surface area contributed by atoms with Crippen LogP contribution in [-0.2, 0) is 4.74 Å². The van der Waals surface area contributed by atoms with Crippen molar-refractivity contribution in [1.82, 2.24) is 20.2 Å². The lowest BCUT2D eigenvalue weighted by molar-refractivity contribution is -0.0283. The van der Waals surface area contributed by atoms with E-state index in [0.29, 0.717) is 23.4 Å². The number of hydrogen-bond donors (Lipinski definition) is 2. The number of carbonyl (C=O) groups excluding carboxylic acids is 1. The summed E-state index contributed by atoms with van der Waals surface area (Å²) < 4.78 is 12.5. The van der Waals surface area contributed by atoms with E-state index < -0.39 is 6.29 Å². The standard InChI is InChI=1S/C36H36N4O4/c41-35(31-23-27-11-4-5-12-28(27)24-33(31)44-36(42)29-13-8-17-37-25-29)39-19-22-40-20-15-30(16-21-40)43-34(26-9-2-1-3-10-26)32-14-6-7-18-38-32/h1-14,17-18,23-25,30,34,36,42H,15-16,19-22H2,(H,39,41). The fraction of sp³-hybridized carbons (Fsp3) is 0.250. The van der Waals surface area contributed by atoms with E-state index in [4.69, 9.17) is 9.47 Å². The SMILES string of the molecule is O=C(NCCN1CCC(OC(c2ccccc2)c2ccccn2)CC1)c1cc2ccccc2cc1OC(O)c1cccnc1. The lowest BCUT2D eigenvalue weighted by Gasteiger charge is -2.34. The Labute approximate surface area is 257 Å². The summed E-state index contributed by atoms with van der Waals surface area (Å²) in [5.74, 6) is 0.0693. The van der Waals surface area contributed by atoms with Crippen LogP contribution in [0.4, 0.5) is 0 Å². The highest BCUT2D eigenvalue weighted by molar-refractivity contribution is 6.01. The quantitative estimate of drug-likeness (QED) is 0.191. The number of nitrogens with zero attached hydrogens (tertiary/aromatic N) is 3. The molecule has 0 radical (unpaired) electrons. The zero-order valence-corrected chi connectivity index (χ0v) is 24.5. The number of aromatic nitrogens is 2. The molecule has 1 saturated heterocycles. The summed E-state index contributed by atoms with van der Waals surface area (Å²) in [4.78, 5) is 24.4. The highest BCUT2D eigenvalue weighted by Crippen LogP contribution is 2.30. The lowest BCUT2D eigenvalue weighted by atomic mass is 10.0. The summed E-state index contributed by atoms with van der Waals surface area (Å²) >= 11 is 0. The molecule has 1 fully saturated rings. The number of amides is 1. The molecule has 1 aliphatic rings. The van der Waals surface area contributed by atoms with Crippen molar-refractivity contribution in [2.75, 3.05) is 26.2 Å². The van der Waals surface area contributed by atoms with Gasteiger partial charge in [0.15, 0.2) is 0 Å². The van der Waals surface area contributed by atoms with E-state index in [1.165, 1.54) is 0 Å². The third-order valence-corrected chi connectivity index (χ3v) is 7.94. The third-order valence-electron chi connectivity index (χ3n) is 7.94. The second kappa shape index (κ2) is 14.2. The number of pyridine rings is 2. The van der Waals surface area contributed by atoms with Crippen molar-refractivity contribution in [2.45, 2.75) is 31.3 Å². The maximum atomic E-state index is 13.4. The molecule has 8 heteroatoms. The maximum absolute atomic E-state index is 13.4. The fourth-order valence-electron chi connectivity index (χ4n) is 5.57. The van der Waals surface area contributed by atoms with Crippen molar-refractivity contribution >= 4 is 16.7 Å². The highest BCUT2D eigenvalue weighted by atomic mass is 16.6. The molecule has 0 bridgehead atoms. The van der Waals surface area contributed by atoms with Crippen molar-refractivity contribution in [3.05, 3.63) is 138 Å². The molecule has 6 rings (SSSR count). The van der Waals surface area contributed by atoms with Gasteiger partial charge in [-0.05, 0) is 65.6 Å². The molecule has 3 heterocycles. The number of fused-ring (bicyclic) bond motifs is 1. The first kappa shape index (κ1) is 29.4. The number of likely N-dealkylation sites (tertiary alicyclic amines) is 1. The van der Waals surface area contributed by atoms with E-state index in [-0.39, 0.29) is 18.1 Å². The number of carbonyl (C=O) groups is 1. The predicted molar refractivity (Wildman–Crippen MR) is 169 cm³/mol. The number of piperidine rings is 1. The van der Waals surface area contributed by atoms with Crippen molar-refractivity contribution < 1.29 is 19.4 Å². The normalized spacial score (nSPS) is 15.5. The Balaban J connectivity index is 1.05. The van der Waals surface area contributed by atoms with Gasteiger partial charge in [-0.15, -0.1) is 0 Å². The van der Waals surface area contributed by atoms with Gasteiger partial charge in [0.05, 0.1) is 17.4 Å². The number of nitrogens with one attached hydrogen (secondary N) is 1. The Morgan fingerprint density at radius 1 is 0.886 bits per heavy atom. The third kappa shape index (κ3) is 7.29. The smallest absolute Gasteiger partial charge is 0.255 e. The van der Waals surface area contributed by atoms with E-state index >= 15 is 0 Å².